The third-order valence-electron chi connectivity index (χ3n) is 3.83. The van der Waals surface area contributed by atoms with E-state index in [1.165, 1.54) is 13.0 Å². The van der Waals surface area contributed by atoms with Gasteiger partial charge in [0.1, 0.15) is 0 Å². The van der Waals surface area contributed by atoms with Crippen LogP contribution in [0.5, 0.6) is 11.5 Å². The van der Waals surface area contributed by atoms with Gasteiger partial charge in [-0.15, -0.1) is 0 Å². The molecule has 0 saturated carbocycles. The largest absolute Gasteiger partial charge is 0.454 e. The summed E-state index contributed by atoms with van der Waals surface area (Å²) in [6, 6.07) is 12.5. The third-order valence-corrected chi connectivity index (χ3v) is 4.06. The molecule has 1 N–H and O–H groups in total. The maximum atomic E-state index is 12.1. The number of ether oxygens (including phenoxy) is 3. The summed E-state index contributed by atoms with van der Waals surface area (Å²) in [7, 11) is 0. The van der Waals surface area contributed by atoms with Gasteiger partial charge in [0.15, 0.2) is 17.6 Å². The molecule has 1 aliphatic heterocycles. The van der Waals surface area contributed by atoms with Crippen LogP contribution in [0.1, 0.15) is 18.1 Å². The molecule has 0 bridgehead atoms. The molecule has 0 saturated heterocycles. The van der Waals surface area contributed by atoms with Gasteiger partial charge < -0.3 is 19.5 Å². The number of benzene rings is 2. The zero-order valence-electron chi connectivity index (χ0n) is 14.6. The smallest absolute Gasteiger partial charge is 0.331 e. The fourth-order valence-corrected chi connectivity index (χ4v) is 2.62. The molecule has 0 radical (unpaired) electrons. The molecule has 140 valence electrons. The van der Waals surface area contributed by atoms with Crippen molar-refractivity contribution < 1.29 is 23.8 Å². The molecule has 0 spiro atoms. The maximum absolute atomic E-state index is 12.1. The Morgan fingerprint density at radius 2 is 2.04 bits per heavy atom. The lowest BCUT2D eigenvalue weighted by Crippen LogP contribution is -2.35. The highest BCUT2D eigenvalue weighted by molar-refractivity contribution is 6.30. The standard InChI is InChI=1S/C20H18ClNO5/c1-13(27-19(23)8-6-14-3-2-4-16(21)9-14)20(24)22-11-15-5-7-17-18(10-15)26-12-25-17/h2-10,13H,11-12H2,1H3,(H,22,24). The number of rotatable bonds is 6. The molecule has 2 aromatic rings. The van der Waals surface area contributed by atoms with Crippen molar-refractivity contribution in [3.8, 4) is 11.5 Å². The van der Waals surface area contributed by atoms with Crippen molar-refractivity contribution in [1.82, 2.24) is 5.32 Å². The van der Waals surface area contributed by atoms with Crippen molar-refractivity contribution in [2.45, 2.75) is 19.6 Å². The normalized spacial score (nSPS) is 13.4. The average molecular weight is 388 g/mol. The maximum Gasteiger partial charge on any atom is 0.331 e. The fraction of sp³-hybridized carbons (Fsp3) is 0.200. The van der Waals surface area contributed by atoms with Crippen molar-refractivity contribution >= 4 is 29.6 Å². The third kappa shape index (κ3) is 5.24. The van der Waals surface area contributed by atoms with Gasteiger partial charge in [0.25, 0.3) is 5.91 Å². The number of amides is 1. The first-order valence-electron chi connectivity index (χ1n) is 8.32. The molecular formula is C20H18ClNO5. The molecule has 1 heterocycles. The molecule has 3 rings (SSSR count). The van der Waals surface area contributed by atoms with Gasteiger partial charge in [0.2, 0.25) is 6.79 Å². The van der Waals surface area contributed by atoms with E-state index in [0.717, 1.165) is 11.1 Å². The second kappa shape index (κ2) is 8.60. The van der Waals surface area contributed by atoms with E-state index in [9.17, 15) is 9.59 Å². The molecule has 6 nitrogen and oxygen atoms in total. The Hall–Kier alpha value is -2.99. The number of nitrogens with one attached hydrogen (secondary N) is 1. The van der Waals surface area contributed by atoms with E-state index in [0.29, 0.717) is 16.5 Å². The first-order valence-corrected chi connectivity index (χ1v) is 8.69. The average Bonchev–Trinajstić information content (AvgIpc) is 3.12. The quantitative estimate of drug-likeness (QED) is 0.608. The van der Waals surface area contributed by atoms with Crippen LogP contribution < -0.4 is 14.8 Å². The lowest BCUT2D eigenvalue weighted by atomic mass is 10.2. The number of fused-ring (bicyclic) bond motifs is 1. The first-order chi connectivity index (χ1) is 13.0. The lowest BCUT2D eigenvalue weighted by molar-refractivity contribution is -0.150. The Bertz CT molecular complexity index is 880. The predicted molar refractivity (Wildman–Crippen MR) is 100 cm³/mol. The van der Waals surface area contributed by atoms with Crippen LogP contribution in [0, 0.1) is 0 Å². The Labute approximate surface area is 161 Å². The van der Waals surface area contributed by atoms with Crippen LogP contribution in [0.4, 0.5) is 0 Å². The second-order valence-electron chi connectivity index (χ2n) is 5.87. The highest BCUT2D eigenvalue weighted by Gasteiger charge is 2.17. The van der Waals surface area contributed by atoms with Gasteiger partial charge in [0.05, 0.1) is 0 Å². The van der Waals surface area contributed by atoms with Gasteiger partial charge in [-0.2, -0.15) is 0 Å². The number of hydrogen-bond donors (Lipinski definition) is 1. The van der Waals surface area contributed by atoms with Crippen LogP contribution in [0.2, 0.25) is 5.02 Å². The minimum absolute atomic E-state index is 0.195. The summed E-state index contributed by atoms with van der Waals surface area (Å²) < 4.78 is 15.6. The zero-order chi connectivity index (χ0) is 19.2. The highest BCUT2D eigenvalue weighted by Crippen LogP contribution is 2.32. The van der Waals surface area contributed by atoms with Gasteiger partial charge in [-0.3, -0.25) is 4.79 Å². The Balaban J connectivity index is 1.47. The molecule has 1 amide bonds. The molecule has 0 fully saturated rings. The molecule has 1 aliphatic rings. The van der Waals surface area contributed by atoms with Gasteiger partial charge in [0, 0.05) is 17.6 Å². The Morgan fingerprint density at radius 1 is 1.22 bits per heavy atom. The predicted octanol–water partition coefficient (Wildman–Crippen LogP) is 3.33. The molecule has 0 aliphatic carbocycles. The summed E-state index contributed by atoms with van der Waals surface area (Å²) in [6.45, 7) is 2.00. The summed E-state index contributed by atoms with van der Waals surface area (Å²) in [6.07, 6.45) is 1.91. The summed E-state index contributed by atoms with van der Waals surface area (Å²) in [5, 5.41) is 3.29. The van der Waals surface area contributed by atoms with E-state index in [4.69, 9.17) is 25.8 Å². The monoisotopic (exact) mass is 387 g/mol. The molecule has 7 heteroatoms. The Kier molecular flexibility index (Phi) is 5.98. The van der Waals surface area contributed by atoms with Crippen LogP contribution in [-0.2, 0) is 20.9 Å². The van der Waals surface area contributed by atoms with Crippen LogP contribution >= 0.6 is 11.6 Å². The number of carbonyl (C=O) groups is 2. The van der Waals surface area contributed by atoms with Crippen molar-refractivity contribution in [1.29, 1.82) is 0 Å². The van der Waals surface area contributed by atoms with Crippen LogP contribution in [0.25, 0.3) is 6.08 Å². The second-order valence-corrected chi connectivity index (χ2v) is 6.31. The van der Waals surface area contributed by atoms with Crippen LogP contribution in [0.3, 0.4) is 0 Å². The molecule has 1 unspecified atom stereocenters. The van der Waals surface area contributed by atoms with Crippen molar-refractivity contribution in [2.24, 2.45) is 0 Å². The minimum Gasteiger partial charge on any atom is -0.454 e. The van der Waals surface area contributed by atoms with Gasteiger partial charge in [-0.25, -0.2) is 4.79 Å². The highest BCUT2D eigenvalue weighted by atomic mass is 35.5. The molecule has 2 aromatic carbocycles. The number of esters is 1. The number of hydrogen-bond acceptors (Lipinski definition) is 5. The lowest BCUT2D eigenvalue weighted by Gasteiger charge is -2.12. The minimum atomic E-state index is -0.921. The van der Waals surface area contributed by atoms with E-state index in [1.807, 2.05) is 6.07 Å². The number of halogens is 1. The van der Waals surface area contributed by atoms with Crippen LogP contribution in [-0.4, -0.2) is 24.8 Å². The van der Waals surface area contributed by atoms with E-state index in [2.05, 4.69) is 5.32 Å². The Morgan fingerprint density at radius 3 is 2.85 bits per heavy atom. The van der Waals surface area contributed by atoms with Crippen molar-refractivity contribution in [3.05, 3.63) is 64.7 Å². The summed E-state index contributed by atoms with van der Waals surface area (Å²) >= 11 is 5.88. The van der Waals surface area contributed by atoms with Gasteiger partial charge in [-0.05, 0) is 48.4 Å². The zero-order valence-corrected chi connectivity index (χ0v) is 15.4. The van der Waals surface area contributed by atoms with E-state index in [1.54, 1.807) is 42.5 Å². The first kappa shape index (κ1) is 18.8. The van der Waals surface area contributed by atoms with Gasteiger partial charge in [-0.1, -0.05) is 29.8 Å². The van der Waals surface area contributed by atoms with E-state index < -0.39 is 18.0 Å². The summed E-state index contributed by atoms with van der Waals surface area (Å²) in [4.78, 5) is 24.0. The number of carbonyl (C=O) groups excluding carboxylic acids is 2. The van der Waals surface area contributed by atoms with Crippen molar-refractivity contribution in [2.75, 3.05) is 6.79 Å². The molecule has 1 atom stereocenters. The van der Waals surface area contributed by atoms with E-state index in [-0.39, 0.29) is 13.3 Å². The topological polar surface area (TPSA) is 73.9 Å². The molecular weight excluding hydrogens is 370 g/mol. The van der Waals surface area contributed by atoms with Gasteiger partial charge >= 0.3 is 5.97 Å². The fourth-order valence-electron chi connectivity index (χ4n) is 2.43. The summed E-state index contributed by atoms with van der Waals surface area (Å²) in [5.41, 5.74) is 1.62. The van der Waals surface area contributed by atoms with Crippen molar-refractivity contribution in [3.63, 3.8) is 0 Å². The SMILES string of the molecule is CC(OC(=O)C=Cc1cccc(Cl)c1)C(=O)NCc1ccc2c(c1)OCO2. The molecule has 27 heavy (non-hydrogen) atoms. The van der Waals surface area contributed by atoms with Crippen LogP contribution in [0.15, 0.2) is 48.5 Å². The van der Waals surface area contributed by atoms with E-state index >= 15 is 0 Å². The summed E-state index contributed by atoms with van der Waals surface area (Å²) in [5.74, 6) is 0.323. The molecule has 0 aromatic heterocycles.